The zero-order valence-corrected chi connectivity index (χ0v) is 16.1. The summed E-state index contributed by atoms with van der Waals surface area (Å²) in [4.78, 5) is 23.2. The van der Waals surface area contributed by atoms with Crippen LogP contribution in [-0.4, -0.2) is 31.8 Å². The van der Waals surface area contributed by atoms with Gasteiger partial charge in [0.1, 0.15) is 19.0 Å². The molecule has 0 fully saturated rings. The molecule has 5 heteroatoms. The van der Waals surface area contributed by atoms with Gasteiger partial charge in [-0.2, -0.15) is 0 Å². The molecular formula is C21H32O5. The van der Waals surface area contributed by atoms with Gasteiger partial charge in [0.15, 0.2) is 0 Å². The van der Waals surface area contributed by atoms with E-state index in [2.05, 4.69) is 6.92 Å². The van der Waals surface area contributed by atoms with Gasteiger partial charge in [0.05, 0.1) is 6.61 Å². The first-order valence-corrected chi connectivity index (χ1v) is 9.62. The molecule has 0 atom stereocenters. The molecule has 0 aliphatic heterocycles. The van der Waals surface area contributed by atoms with Crippen molar-refractivity contribution in [2.45, 2.75) is 65.2 Å². The number of ether oxygens (including phenoxy) is 3. The highest BCUT2D eigenvalue weighted by Gasteiger charge is 2.08. The summed E-state index contributed by atoms with van der Waals surface area (Å²) in [5.41, 5.74) is 1.00. The molecule has 5 nitrogen and oxygen atoms in total. The van der Waals surface area contributed by atoms with Crippen molar-refractivity contribution in [3.05, 3.63) is 29.8 Å². The Labute approximate surface area is 157 Å². The van der Waals surface area contributed by atoms with Gasteiger partial charge in [0.2, 0.25) is 0 Å². The van der Waals surface area contributed by atoms with E-state index in [0.717, 1.165) is 18.4 Å². The number of unbranched alkanes of at least 4 members (excludes halogenated alkanes) is 7. The van der Waals surface area contributed by atoms with Crippen LogP contribution in [0.1, 0.15) is 63.9 Å². The molecule has 0 unspecified atom stereocenters. The monoisotopic (exact) mass is 364 g/mol. The van der Waals surface area contributed by atoms with Gasteiger partial charge in [-0.15, -0.1) is 0 Å². The Bertz CT molecular complexity index is 527. The third-order valence-electron chi connectivity index (χ3n) is 3.92. The second-order valence-corrected chi connectivity index (χ2v) is 6.48. The van der Waals surface area contributed by atoms with Crippen LogP contribution in [0.3, 0.4) is 0 Å². The standard InChI is InChI=1S/C21H32O5/c1-3-4-5-6-7-8-9-10-14-25-20(22)16-24-17-21(23)26-19-13-11-12-18(2)15-19/h11-13,15H,3-10,14,16-17H2,1-2H3. The Balaban J connectivity index is 1.97. The first-order chi connectivity index (χ1) is 12.6. The zero-order chi connectivity index (χ0) is 19.0. The van der Waals surface area contributed by atoms with E-state index in [-0.39, 0.29) is 13.2 Å². The summed E-state index contributed by atoms with van der Waals surface area (Å²) in [5, 5.41) is 0. The van der Waals surface area contributed by atoms with Crippen molar-refractivity contribution in [3.8, 4) is 5.75 Å². The number of esters is 2. The van der Waals surface area contributed by atoms with Crippen molar-refractivity contribution in [3.63, 3.8) is 0 Å². The second kappa shape index (κ2) is 14.3. The Hall–Kier alpha value is -1.88. The van der Waals surface area contributed by atoms with Crippen molar-refractivity contribution >= 4 is 11.9 Å². The van der Waals surface area contributed by atoms with E-state index in [1.807, 2.05) is 13.0 Å². The van der Waals surface area contributed by atoms with Crippen LogP contribution in [0.2, 0.25) is 0 Å². The third kappa shape index (κ3) is 11.6. The number of aryl methyl sites for hydroxylation is 1. The minimum absolute atomic E-state index is 0.236. The molecule has 0 aromatic heterocycles. The molecule has 1 aromatic carbocycles. The lowest BCUT2D eigenvalue weighted by molar-refractivity contribution is -0.152. The molecule has 0 heterocycles. The van der Waals surface area contributed by atoms with Crippen LogP contribution in [-0.2, 0) is 19.1 Å². The quantitative estimate of drug-likeness (QED) is 0.274. The lowest BCUT2D eigenvalue weighted by Crippen LogP contribution is -2.20. The van der Waals surface area contributed by atoms with Crippen LogP contribution in [0.15, 0.2) is 24.3 Å². The Kier molecular flexibility index (Phi) is 12.2. The SMILES string of the molecule is CCCCCCCCCCOC(=O)COCC(=O)Oc1cccc(C)c1. The van der Waals surface area contributed by atoms with E-state index in [1.54, 1.807) is 18.2 Å². The summed E-state index contributed by atoms with van der Waals surface area (Å²) in [6, 6.07) is 7.18. The van der Waals surface area contributed by atoms with Crippen LogP contribution in [0.5, 0.6) is 5.75 Å². The Morgan fingerprint density at radius 1 is 0.885 bits per heavy atom. The van der Waals surface area contributed by atoms with Gasteiger partial charge in [0.25, 0.3) is 0 Å². The van der Waals surface area contributed by atoms with E-state index < -0.39 is 11.9 Å². The van der Waals surface area contributed by atoms with Crippen molar-refractivity contribution < 1.29 is 23.8 Å². The van der Waals surface area contributed by atoms with Crippen molar-refractivity contribution in [1.29, 1.82) is 0 Å². The fourth-order valence-electron chi connectivity index (χ4n) is 2.52. The van der Waals surface area contributed by atoms with Crippen molar-refractivity contribution in [2.75, 3.05) is 19.8 Å². The van der Waals surface area contributed by atoms with E-state index in [4.69, 9.17) is 14.2 Å². The largest absolute Gasteiger partial charge is 0.464 e. The van der Waals surface area contributed by atoms with E-state index in [1.165, 1.54) is 38.5 Å². The molecule has 0 bridgehead atoms. The average Bonchev–Trinajstić information content (AvgIpc) is 2.60. The van der Waals surface area contributed by atoms with E-state index in [0.29, 0.717) is 12.4 Å². The fraction of sp³-hybridized carbons (Fsp3) is 0.619. The Morgan fingerprint density at radius 3 is 2.23 bits per heavy atom. The molecule has 0 aliphatic carbocycles. The van der Waals surface area contributed by atoms with Gasteiger partial charge in [-0.1, -0.05) is 64.0 Å². The molecule has 0 saturated heterocycles. The minimum Gasteiger partial charge on any atom is -0.464 e. The van der Waals surface area contributed by atoms with Crippen LogP contribution < -0.4 is 4.74 Å². The highest BCUT2D eigenvalue weighted by atomic mass is 16.6. The number of rotatable bonds is 14. The van der Waals surface area contributed by atoms with Gasteiger partial charge >= 0.3 is 11.9 Å². The van der Waals surface area contributed by atoms with Crippen LogP contribution in [0, 0.1) is 6.92 Å². The minimum atomic E-state index is -0.536. The average molecular weight is 364 g/mol. The maximum Gasteiger partial charge on any atom is 0.337 e. The molecular weight excluding hydrogens is 332 g/mol. The molecule has 0 saturated carbocycles. The lowest BCUT2D eigenvalue weighted by Gasteiger charge is -2.07. The third-order valence-corrected chi connectivity index (χ3v) is 3.92. The normalized spacial score (nSPS) is 10.5. The van der Waals surface area contributed by atoms with Gasteiger partial charge < -0.3 is 14.2 Å². The summed E-state index contributed by atoms with van der Waals surface area (Å²) in [6.45, 7) is 4.02. The molecule has 0 spiro atoms. The smallest absolute Gasteiger partial charge is 0.337 e. The molecule has 1 rings (SSSR count). The predicted octanol–water partition coefficient (Wildman–Crippen LogP) is 4.60. The summed E-state index contributed by atoms with van der Waals surface area (Å²) in [7, 11) is 0. The van der Waals surface area contributed by atoms with E-state index >= 15 is 0 Å². The lowest BCUT2D eigenvalue weighted by atomic mass is 10.1. The second-order valence-electron chi connectivity index (χ2n) is 6.48. The molecule has 1 aromatic rings. The maximum absolute atomic E-state index is 11.6. The van der Waals surface area contributed by atoms with Crippen molar-refractivity contribution in [1.82, 2.24) is 0 Å². The van der Waals surface area contributed by atoms with Crippen LogP contribution >= 0.6 is 0 Å². The Morgan fingerprint density at radius 2 is 1.54 bits per heavy atom. The van der Waals surface area contributed by atoms with Gasteiger partial charge in [-0.3, -0.25) is 0 Å². The number of hydrogen-bond donors (Lipinski definition) is 0. The summed E-state index contributed by atoms with van der Waals surface area (Å²) in [6.07, 6.45) is 9.56. The number of benzene rings is 1. The predicted molar refractivity (Wildman–Crippen MR) is 101 cm³/mol. The highest BCUT2D eigenvalue weighted by Crippen LogP contribution is 2.12. The molecule has 0 aliphatic rings. The molecule has 0 N–H and O–H groups in total. The van der Waals surface area contributed by atoms with Gasteiger partial charge in [-0.25, -0.2) is 9.59 Å². The topological polar surface area (TPSA) is 61.8 Å². The highest BCUT2D eigenvalue weighted by molar-refractivity contribution is 5.75. The van der Waals surface area contributed by atoms with Gasteiger partial charge in [-0.05, 0) is 31.0 Å². The molecule has 26 heavy (non-hydrogen) atoms. The molecule has 0 amide bonds. The first kappa shape index (κ1) is 22.2. The summed E-state index contributed by atoms with van der Waals surface area (Å²) in [5.74, 6) is -0.515. The number of carbonyl (C=O) groups excluding carboxylic acids is 2. The van der Waals surface area contributed by atoms with Gasteiger partial charge in [0, 0.05) is 0 Å². The summed E-state index contributed by atoms with van der Waals surface area (Å²) < 4.78 is 15.3. The fourth-order valence-corrected chi connectivity index (χ4v) is 2.52. The maximum atomic E-state index is 11.6. The molecule has 0 radical (unpaired) electrons. The molecule has 146 valence electrons. The van der Waals surface area contributed by atoms with Crippen molar-refractivity contribution in [2.24, 2.45) is 0 Å². The number of carbonyl (C=O) groups is 2. The van der Waals surface area contributed by atoms with Crippen LogP contribution in [0.4, 0.5) is 0 Å². The first-order valence-electron chi connectivity index (χ1n) is 9.62. The van der Waals surface area contributed by atoms with Crippen LogP contribution in [0.25, 0.3) is 0 Å². The number of hydrogen-bond acceptors (Lipinski definition) is 5. The summed E-state index contributed by atoms with van der Waals surface area (Å²) >= 11 is 0. The van der Waals surface area contributed by atoms with E-state index in [9.17, 15) is 9.59 Å². The zero-order valence-electron chi connectivity index (χ0n) is 16.1.